The summed E-state index contributed by atoms with van der Waals surface area (Å²) in [6, 6.07) is 6.09. The number of rotatable bonds is 1. The molecule has 1 aromatic rings. The molecule has 1 aliphatic rings. The zero-order valence-electron chi connectivity index (χ0n) is 10.3. The Bertz CT molecular complexity index is 445. The predicted octanol–water partition coefficient (Wildman–Crippen LogP) is 1.93. The highest BCUT2D eigenvalue weighted by Crippen LogP contribution is 2.25. The maximum absolute atomic E-state index is 13.7. The van der Waals surface area contributed by atoms with Crippen molar-refractivity contribution in [1.29, 1.82) is 0 Å². The zero-order chi connectivity index (χ0) is 12.6. The summed E-state index contributed by atoms with van der Waals surface area (Å²) in [5, 5.41) is 3.21. The smallest absolute Gasteiger partial charge is 0.243 e. The molecule has 17 heavy (non-hydrogen) atoms. The Morgan fingerprint density at radius 1 is 1.41 bits per heavy atom. The van der Waals surface area contributed by atoms with E-state index in [1.54, 1.807) is 25.1 Å². The minimum atomic E-state index is -0.356. The number of benzene rings is 1. The van der Waals surface area contributed by atoms with Gasteiger partial charge in [-0.25, -0.2) is 4.39 Å². The molecule has 1 fully saturated rings. The first-order valence-electron chi connectivity index (χ1n) is 5.74. The number of hydrogen-bond donors (Lipinski definition) is 1. The number of para-hydroxylation sites is 1. The lowest BCUT2D eigenvalue weighted by Gasteiger charge is -2.42. The summed E-state index contributed by atoms with van der Waals surface area (Å²) < 4.78 is 13.7. The molecule has 1 unspecified atom stereocenters. The molecule has 0 aromatic heterocycles. The van der Waals surface area contributed by atoms with E-state index in [9.17, 15) is 9.18 Å². The van der Waals surface area contributed by atoms with Gasteiger partial charge in [-0.1, -0.05) is 12.1 Å². The van der Waals surface area contributed by atoms with Crippen molar-refractivity contribution in [1.82, 2.24) is 5.32 Å². The zero-order valence-corrected chi connectivity index (χ0v) is 10.3. The van der Waals surface area contributed by atoms with Crippen LogP contribution < -0.4 is 10.2 Å². The number of halogens is 1. The normalized spacial score (nSPS) is 23.9. The summed E-state index contributed by atoms with van der Waals surface area (Å²) in [7, 11) is 0. The Morgan fingerprint density at radius 2 is 2.06 bits per heavy atom. The molecule has 0 spiro atoms. The van der Waals surface area contributed by atoms with Gasteiger partial charge in [0.2, 0.25) is 5.91 Å². The molecular weight excluding hydrogens is 219 g/mol. The van der Waals surface area contributed by atoms with E-state index in [1.165, 1.54) is 11.0 Å². The van der Waals surface area contributed by atoms with E-state index in [4.69, 9.17) is 0 Å². The standard InChI is InChI=1S/C13H17FN2O/c1-9-12(17)16(8-13(2,3)15-9)11-7-5-4-6-10(11)14/h4-7,9,15H,8H2,1-3H3. The number of carbonyl (C=O) groups is 1. The van der Waals surface area contributed by atoms with Gasteiger partial charge in [-0.15, -0.1) is 0 Å². The molecule has 0 aliphatic carbocycles. The molecule has 1 amide bonds. The van der Waals surface area contributed by atoms with Crippen LogP contribution in [0, 0.1) is 5.82 Å². The van der Waals surface area contributed by atoms with Crippen LogP contribution in [-0.4, -0.2) is 24.0 Å². The highest BCUT2D eigenvalue weighted by atomic mass is 19.1. The first-order chi connectivity index (χ1) is 7.91. The fourth-order valence-corrected chi connectivity index (χ4v) is 2.27. The average Bonchev–Trinajstić information content (AvgIpc) is 2.24. The summed E-state index contributed by atoms with van der Waals surface area (Å²) in [6.45, 7) is 6.28. The number of nitrogens with zero attached hydrogens (tertiary/aromatic N) is 1. The molecule has 2 rings (SSSR count). The lowest BCUT2D eigenvalue weighted by Crippen LogP contribution is -2.64. The molecule has 0 radical (unpaired) electrons. The molecular formula is C13H17FN2O. The number of anilines is 1. The van der Waals surface area contributed by atoms with Crippen LogP contribution in [0.15, 0.2) is 24.3 Å². The van der Waals surface area contributed by atoms with Crippen molar-refractivity contribution in [2.24, 2.45) is 0 Å². The fraction of sp³-hybridized carbons (Fsp3) is 0.462. The molecule has 3 nitrogen and oxygen atoms in total. The highest BCUT2D eigenvalue weighted by Gasteiger charge is 2.37. The maximum Gasteiger partial charge on any atom is 0.243 e. The van der Waals surface area contributed by atoms with E-state index in [0.717, 1.165) is 0 Å². The second kappa shape index (κ2) is 4.11. The molecule has 1 saturated heterocycles. The van der Waals surface area contributed by atoms with Crippen LogP contribution in [0.1, 0.15) is 20.8 Å². The van der Waals surface area contributed by atoms with Crippen LogP contribution in [0.25, 0.3) is 0 Å². The summed E-state index contributed by atoms with van der Waals surface area (Å²) in [5.41, 5.74) is 0.147. The van der Waals surface area contributed by atoms with Gasteiger partial charge in [0.25, 0.3) is 0 Å². The van der Waals surface area contributed by atoms with Gasteiger partial charge < -0.3 is 4.90 Å². The lowest BCUT2D eigenvalue weighted by molar-refractivity contribution is -0.122. The van der Waals surface area contributed by atoms with E-state index < -0.39 is 0 Å². The third kappa shape index (κ3) is 2.31. The molecule has 0 saturated carbocycles. The minimum absolute atomic E-state index is 0.0885. The topological polar surface area (TPSA) is 32.3 Å². The van der Waals surface area contributed by atoms with Crippen LogP contribution in [-0.2, 0) is 4.79 Å². The van der Waals surface area contributed by atoms with Crippen LogP contribution in [0.5, 0.6) is 0 Å². The third-order valence-electron chi connectivity index (χ3n) is 2.94. The molecule has 1 heterocycles. The molecule has 1 aromatic carbocycles. The fourth-order valence-electron chi connectivity index (χ4n) is 2.27. The van der Waals surface area contributed by atoms with Gasteiger partial charge >= 0.3 is 0 Å². The van der Waals surface area contributed by atoms with Crippen molar-refractivity contribution in [2.75, 3.05) is 11.4 Å². The van der Waals surface area contributed by atoms with Crippen molar-refractivity contribution in [2.45, 2.75) is 32.4 Å². The van der Waals surface area contributed by atoms with Crippen molar-refractivity contribution in [3.05, 3.63) is 30.1 Å². The molecule has 92 valence electrons. The minimum Gasteiger partial charge on any atom is -0.306 e. The summed E-state index contributed by atoms with van der Waals surface area (Å²) in [6.07, 6.45) is 0. The first-order valence-corrected chi connectivity index (χ1v) is 5.74. The Balaban J connectivity index is 2.37. The number of carbonyl (C=O) groups excluding carboxylic acids is 1. The molecule has 1 N–H and O–H groups in total. The molecule has 1 aliphatic heterocycles. The first kappa shape index (κ1) is 12.0. The van der Waals surface area contributed by atoms with E-state index in [-0.39, 0.29) is 23.3 Å². The maximum atomic E-state index is 13.7. The van der Waals surface area contributed by atoms with Gasteiger partial charge in [0, 0.05) is 12.1 Å². The van der Waals surface area contributed by atoms with Gasteiger partial charge in [0.05, 0.1) is 11.7 Å². The van der Waals surface area contributed by atoms with Crippen LogP contribution in [0.4, 0.5) is 10.1 Å². The number of amides is 1. The van der Waals surface area contributed by atoms with Crippen LogP contribution in [0.2, 0.25) is 0 Å². The second-order valence-electron chi connectivity index (χ2n) is 5.13. The quantitative estimate of drug-likeness (QED) is 0.808. The largest absolute Gasteiger partial charge is 0.306 e. The molecule has 1 atom stereocenters. The SMILES string of the molecule is CC1NC(C)(C)CN(c2ccccc2F)C1=O. The van der Waals surface area contributed by atoms with E-state index in [2.05, 4.69) is 5.32 Å². The van der Waals surface area contributed by atoms with Crippen molar-refractivity contribution >= 4 is 11.6 Å². The number of piperazine rings is 1. The lowest BCUT2D eigenvalue weighted by atomic mass is 9.98. The van der Waals surface area contributed by atoms with E-state index in [1.807, 2.05) is 13.8 Å². The Hall–Kier alpha value is -1.42. The monoisotopic (exact) mass is 236 g/mol. The predicted molar refractivity (Wildman–Crippen MR) is 65.4 cm³/mol. The van der Waals surface area contributed by atoms with Gasteiger partial charge in [-0.3, -0.25) is 10.1 Å². The Kier molecular flexibility index (Phi) is 2.91. The third-order valence-corrected chi connectivity index (χ3v) is 2.94. The summed E-state index contributed by atoms with van der Waals surface area (Å²) in [5.74, 6) is -0.444. The van der Waals surface area contributed by atoms with Gasteiger partial charge in [0.1, 0.15) is 5.82 Å². The molecule has 0 bridgehead atoms. The van der Waals surface area contributed by atoms with Crippen molar-refractivity contribution in [3.8, 4) is 0 Å². The van der Waals surface area contributed by atoms with Gasteiger partial charge in [0.15, 0.2) is 0 Å². The van der Waals surface area contributed by atoms with E-state index in [0.29, 0.717) is 12.2 Å². The Morgan fingerprint density at radius 3 is 2.71 bits per heavy atom. The second-order valence-corrected chi connectivity index (χ2v) is 5.13. The molecule has 4 heteroatoms. The summed E-state index contributed by atoms with van der Waals surface area (Å²) >= 11 is 0. The summed E-state index contributed by atoms with van der Waals surface area (Å²) in [4.78, 5) is 13.6. The van der Waals surface area contributed by atoms with Gasteiger partial charge in [-0.2, -0.15) is 0 Å². The average molecular weight is 236 g/mol. The van der Waals surface area contributed by atoms with E-state index >= 15 is 0 Å². The Labute approximate surface area is 101 Å². The van der Waals surface area contributed by atoms with Crippen LogP contribution >= 0.6 is 0 Å². The van der Waals surface area contributed by atoms with Crippen molar-refractivity contribution < 1.29 is 9.18 Å². The number of nitrogens with one attached hydrogen (secondary N) is 1. The highest BCUT2D eigenvalue weighted by molar-refractivity contribution is 5.98. The number of hydrogen-bond acceptors (Lipinski definition) is 2. The van der Waals surface area contributed by atoms with Crippen molar-refractivity contribution in [3.63, 3.8) is 0 Å². The van der Waals surface area contributed by atoms with Crippen LogP contribution in [0.3, 0.4) is 0 Å². The van der Waals surface area contributed by atoms with Gasteiger partial charge in [-0.05, 0) is 32.9 Å².